The van der Waals surface area contributed by atoms with E-state index in [0.717, 1.165) is 12.8 Å². The van der Waals surface area contributed by atoms with Gasteiger partial charge in [0.25, 0.3) is 11.8 Å². The fraction of sp³-hybridized carbons (Fsp3) is 0.333. The Morgan fingerprint density at radius 2 is 1.70 bits per heavy atom. The summed E-state index contributed by atoms with van der Waals surface area (Å²) in [4.78, 5) is 27.1. The van der Waals surface area contributed by atoms with Gasteiger partial charge in [-0.2, -0.15) is 0 Å². The first kappa shape index (κ1) is 20.3. The molecule has 0 radical (unpaired) electrons. The lowest BCUT2D eigenvalue weighted by molar-refractivity contribution is 0.0755. The molecule has 2 aromatic carbocycles. The van der Waals surface area contributed by atoms with E-state index in [0.29, 0.717) is 41.3 Å². The molecule has 27 heavy (non-hydrogen) atoms. The number of nitrogens with one attached hydrogen (secondary N) is 1. The van der Waals surface area contributed by atoms with Gasteiger partial charge in [0.1, 0.15) is 5.75 Å². The van der Waals surface area contributed by atoms with Gasteiger partial charge in [-0.15, -0.1) is 0 Å². The Bertz CT molecular complexity index is 799. The molecule has 0 saturated carbocycles. The first-order valence-corrected chi connectivity index (χ1v) is 9.14. The summed E-state index contributed by atoms with van der Waals surface area (Å²) >= 11 is 0. The van der Waals surface area contributed by atoms with Crippen LogP contribution < -0.4 is 15.8 Å². The van der Waals surface area contributed by atoms with Crippen molar-refractivity contribution in [3.8, 4) is 5.75 Å². The van der Waals surface area contributed by atoms with E-state index in [1.54, 1.807) is 42.5 Å². The number of nitrogens with zero attached hydrogens (tertiary/aromatic N) is 1. The topological polar surface area (TPSA) is 84.7 Å². The number of rotatable bonds is 8. The lowest BCUT2D eigenvalue weighted by Crippen LogP contribution is -2.32. The summed E-state index contributed by atoms with van der Waals surface area (Å²) in [7, 11) is 1.53. The first-order valence-electron chi connectivity index (χ1n) is 9.14. The lowest BCUT2D eigenvalue weighted by Gasteiger charge is -2.21. The molecule has 0 heterocycles. The number of hydrogen-bond donors (Lipinski definition) is 2. The third-order valence-electron chi connectivity index (χ3n) is 4.13. The van der Waals surface area contributed by atoms with Crippen molar-refractivity contribution in [1.29, 1.82) is 0 Å². The van der Waals surface area contributed by atoms with Gasteiger partial charge in [-0.05, 0) is 49.2 Å². The minimum absolute atomic E-state index is 0.0537. The van der Waals surface area contributed by atoms with Crippen molar-refractivity contribution in [2.45, 2.75) is 26.7 Å². The van der Waals surface area contributed by atoms with Crippen LogP contribution >= 0.6 is 0 Å². The predicted molar refractivity (Wildman–Crippen MR) is 108 cm³/mol. The van der Waals surface area contributed by atoms with Crippen LogP contribution in [0.3, 0.4) is 0 Å². The number of carbonyl (C=O) groups is 2. The Balaban J connectivity index is 2.17. The summed E-state index contributed by atoms with van der Waals surface area (Å²) in [5.74, 6) is 0.196. The van der Waals surface area contributed by atoms with Gasteiger partial charge < -0.3 is 20.7 Å². The molecular formula is C21H27N3O3. The molecule has 0 atom stereocenters. The summed E-state index contributed by atoms with van der Waals surface area (Å²) in [5.41, 5.74) is 7.81. The molecular weight excluding hydrogens is 342 g/mol. The van der Waals surface area contributed by atoms with Gasteiger partial charge in [-0.3, -0.25) is 9.59 Å². The van der Waals surface area contributed by atoms with Crippen molar-refractivity contribution in [2.75, 3.05) is 31.2 Å². The first-order chi connectivity index (χ1) is 13.0. The maximum atomic E-state index is 12.7. The zero-order valence-electron chi connectivity index (χ0n) is 16.1. The number of hydrogen-bond acceptors (Lipinski definition) is 4. The largest absolute Gasteiger partial charge is 0.495 e. The minimum Gasteiger partial charge on any atom is -0.495 e. The SMILES string of the molecule is CCCN(CCC)C(=O)c1cccc(C(=O)Nc2ccc(OC)c(N)c2)c1. The zero-order valence-corrected chi connectivity index (χ0v) is 16.1. The molecule has 2 aromatic rings. The van der Waals surface area contributed by atoms with Crippen LogP contribution in [0.25, 0.3) is 0 Å². The van der Waals surface area contributed by atoms with Crippen molar-refractivity contribution in [2.24, 2.45) is 0 Å². The molecule has 0 fully saturated rings. The van der Waals surface area contributed by atoms with Crippen molar-refractivity contribution < 1.29 is 14.3 Å². The Morgan fingerprint density at radius 1 is 1.04 bits per heavy atom. The molecule has 6 nitrogen and oxygen atoms in total. The molecule has 0 saturated heterocycles. The molecule has 0 aliphatic rings. The third kappa shape index (κ3) is 5.23. The normalized spacial score (nSPS) is 10.3. The van der Waals surface area contributed by atoms with Gasteiger partial charge in [-0.1, -0.05) is 19.9 Å². The second-order valence-corrected chi connectivity index (χ2v) is 6.28. The Hall–Kier alpha value is -3.02. The Kier molecular flexibility index (Phi) is 7.23. The van der Waals surface area contributed by atoms with Gasteiger partial charge in [-0.25, -0.2) is 0 Å². The number of methoxy groups -OCH3 is 1. The smallest absolute Gasteiger partial charge is 0.255 e. The quantitative estimate of drug-likeness (QED) is 0.693. The fourth-order valence-electron chi connectivity index (χ4n) is 2.85. The van der Waals surface area contributed by atoms with Crippen LogP contribution in [0.15, 0.2) is 42.5 Å². The van der Waals surface area contributed by atoms with E-state index in [4.69, 9.17) is 10.5 Å². The van der Waals surface area contributed by atoms with Crippen LogP contribution in [0.4, 0.5) is 11.4 Å². The average Bonchev–Trinajstić information content (AvgIpc) is 2.67. The van der Waals surface area contributed by atoms with Crippen LogP contribution in [0.1, 0.15) is 47.4 Å². The molecule has 2 rings (SSSR count). The molecule has 0 aromatic heterocycles. The van der Waals surface area contributed by atoms with Crippen LogP contribution in [0.2, 0.25) is 0 Å². The summed E-state index contributed by atoms with van der Waals surface area (Å²) in [6.07, 6.45) is 1.79. The van der Waals surface area contributed by atoms with Gasteiger partial charge in [0.2, 0.25) is 0 Å². The van der Waals surface area contributed by atoms with Crippen molar-refractivity contribution >= 4 is 23.2 Å². The maximum Gasteiger partial charge on any atom is 0.255 e. The number of anilines is 2. The highest BCUT2D eigenvalue weighted by atomic mass is 16.5. The van der Waals surface area contributed by atoms with E-state index >= 15 is 0 Å². The summed E-state index contributed by atoms with van der Waals surface area (Å²) < 4.78 is 5.11. The maximum absolute atomic E-state index is 12.7. The highest BCUT2D eigenvalue weighted by Crippen LogP contribution is 2.25. The van der Waals surface area contributed by atoms with E-state index < -0.39 is 0 Å². The molecule has 0 bridgehead atoms. The van der Waals surface area contributed by atoms with E-state index in [9.17, 15) is 9.59 Å². The highest BCUT2D eigenvalue weighted by Gasteiger charge is 2.16. The fourth-order valence-corrected chi connectivity index (χ4v) is 2.85. The predicted octanol–water partition coefficient (Wildman–Crippen LogP) is 3.79. The van der Waals surface area contributed by atoms with Crippen molar-refractivity contribution in [3.05, 3.63) is 53.6 Å². The standard InChI is InChI=1S/C21H27N3O3/c1-4-11-24(12-5-2)21(26)16-8-6-7-15(13-16)20(25)23-17-9-10-19(27-3)18(22)14-17/h6-10,13-14H,4-5,11-12,22H2,1-3H3,(H,23,25). The third-order valence-corrected chi connectivity index (χ3v) is 4.13. The second kappa shape index (κ2) is 9.62. The molecule has 3 N–H and O–H groups in total. The molecule has 144 valence electrons. The molecule has 0 unspecified atom stereocenters. The van der Waals surface area contributed by atoms with Crippen LogP contribution in [0, 0.1) is 0 Å². The van der Waals surface area contributed by atoms with Crippen LogP contribution in [-0.4, -0.2) is 36.9 Å². The van der Waals surface area contributed by atoms with E-state index in [1.165, 1.54) is 7.11 Å². The van der Waals surface area contributed by atoms with Crippen molar-refractivity contribution in [3.63, 3.8) is 0 Å². The number of carbonyl (C=O) groups excluding carboxylic acids is 2. The van der Waals surface area contributed by atoms with E-state index in [1.807, 2.05) is 18.7 Å². The van der Waals surface area contributed by atoms with Crippen LogP contribution in [-0.2, 0) is 0 Å². The number of nitrogens with two attached hydrogens (primary N) is 1. The summed E-state index contributed by atoms with van der Waals surface area (Å²) in [6.45, 7) is 5.49. The van der Waals surface area contributed by atoms with Crippen molar-refractivity contribution in [1.82, 2.24) is 4.90 Å². The summed E-state index contributed by atoms with van der Waals surface area (Å²) in [5, 5.41) is 2.80. The molecule has 6 heteroatoms. The van der Waals surface area contributed by atoms with Gasteiger partial charge in [0.15, 0.2) is 0 Å². The zero-order chi connectivity index (χ0) is 19.8. The highest BCUT2D eigenvalue weighted by molar-refractivity contribution is 6.06. The Labute approximate surface area is 160 Å². The molecule has 0 aliphatic heterocycles. The summed E-state index contributed by atoms with van der Waals surface area (Å²) in [6, 6.07) is 11.8. The lowest BCUT2D eigenvalue weighted by atomic mass is 10.1. The Morgan fingerprint density at radius 3 is 2.30 bits per heavy atom. The van der Waals surface area contributed by atoms with E-state index in [2.05, 4.69) is 5.32 Å². The van der Waals surface area contributed by atoms with E-state index in [-0.39, 0.29) is 11.8 Å². The average molecular weight is 369 g/mol. The van der Waals surface area contributed by atoms with Gasteiger partial charge in [0.05, 0.1) is 12.8 Å². The number of ether oxygens (including phenoxy) is 1. The number of amides is 2. The monoisotopic (exact) mass is 369 g/mol. The second-order valence-electron chi connectivity index (χ2n) is 6.28. The minimum atomic E-state index is -0.299. The molecule has 0 spiro atoms. The van der Waals surface area contributed by atoms with Gasteiger partial charge in [0, 0.05) is 29.9 Å². The molecule has 0 aliphatic carbocycles. The number of benzene rings is 2. The van der Waals surface area contributed by atoms with Crippen LogP contribution in [0.5, 0.6) is 5.75 Å². The molecule has 2 amide bonds. The van der Waals surface area contributed by atoms with Gasteiger partial charge >= 0.3 is 0 Å². The number of nitrogen functional groups attached to an aromatic ring is 1.